The highest BCUT2D eigenvalue weighted by Crippen LogP contribution is 2.39. The van der Waals surface area contributed by atoms with E-state index in [1.165, 1.54) is 11.8 Å². The van der Waals surface area contributed by atoms with Gasteiger partial charge < -0.3 is 10.4 Å². The first-order valence-corrected chi connectivity index (χ1v) is 8.30. The summed E-state index contributed by atoms with van der Waals surface area (Å²) in [5, 5.41) is 12.5. The molecule has 1 heterocycles. The van der Waals surface area contributed by atoms with Crippen molar-refractivity contribution in [2.45, 2.75) is 25.5 Å². The van der Waals surface area contributed by atoms with Crippen molar-refractivity contribution in [3.8, 4) is 0 Å². The Balaban J connectivity index is 1.75. The summed E-state index contributed by atoms with van der Waals surface area (Å²) in [5.41, 5.74) is 1.91. The summed E-state index contributed by atoms with van der Waals surface area (Å²) in [7, 11) is 0. The molecule has 21 heavy (non-hydrogen) atoms. The molecule has 2 aliphatic rings. The maximum Gasteiger partial charge on any atom is 0.192 e. The van der Waals surface area contributed by atoms with Crippen LogP contribution in [0.2, 0.25) is 0 Å². The van der Waals surface area contributed by atoms with Gasteiger partial charge in [0.2, 0.25) is 0 Å². The lowest BCUT2D eigenvalue weighted by Gasteiger charge is -2.33. The molecule has 3 rings (SSSR count). The van der Waals surface area contributed by atoms with E-state index in [0.29, 0.717) is 12.3 Å². The SMILES string of the molecule is O=C1CNC(c2ccc(CO)cc2)CSC(=O)C2CCC12. The Bertz CT molecular complexity index is 517. The minimum absolute atomic E-state index is 0.00635. The Morgan fingerprint density at radius 2 is 1.86 bits per heavy atom. The van der Waals surface area contributed by atoms with Crippen LogP contribution in [0.25, 0.3) is 0 Å². The average Bonchev–Trinajstić information content (AvgIpc) is 2.49. The van der Waals surface area contributed by atoms with E-state index >= 15 is 0 Å². The third kappa shape index (κ3) is 3.05. The monoisotopic (exact) mass is 305 g/mol. The van der Waals surface area contributed by atoms with Crippen LogP contribution in [0.4, 0.5) is 0 Å². The Labute approximate surface area is 128 Å². The number of benzene rings is 1. The van der Waals surface area contributed by atoms with E-state index in [2.05, 4.69) is 5.32 Å². The summed E-state index contributed by atoms with van der Waals surface area (Å²) in [4.78, 5) is 24.3. The first-order chi connectivity index (χ1) is 10.2. The van der Waals surface area contributed by atoms with Crippen LogP contribution in [-0.2, 0) is 16.2 Å². The third-order valence-corrected chi connectivity index (χ3v) is 5.56. The summed E-state index contributed by atoms with van der Waals surface area (Å²) in [6, 6.07) is 7.65. The number of Topliss-reactive ketones (excluding diaryl/α,β-unsaturated/α-hetero) is 1. The van der Waals surface area contributed by atoms with Crippen molar-refractivity contribution >= 4 is 22.7 Å². The number of nitrogens with one attached hydrogen (secondary N) is 1. The molecule has 3 atom stereocenters. The second-order valence-electron chi connectivity index (χ2n) is 5.72. The number of fused-ring (bicyclic) bond motifs is 1. The maximum atomic E-state index is 12.2. The number of aliphatic hydroxyl groups is 1. The average molecular weight is 305 g/mol. The molecule has 3 unspecified atom stereocenters. The van der Waals surface area contributed by atoms with E-state index < -0.39 is 0 Å². The predicted octanol–water partition coefficient (Wildman–Crippen LogP) is 1.68. The van der Waals surface area contributed by atoms with Gasteiger partial charge in [-0.25, -0.2) is 0 Å². The molecule has 0 aromatic heterocycles. The molecule has 1 aromatic carbocycles. The van der Waals surface area contributed by atoms with Gasteiger partial charge in [0, 0.05) is 23.6 Å². The Hall–Kier alpha value is -1.17. The standard InChI is InChI=1S/C16H19NO3S/c18-8-10-1-3-11(4-2-10)14-9-21-16(20)13-6-5-12(13)15(19)7-17-14/h1-4,12-14,17-18H,5-9H2. The summed E-state index contributed by atoms with van der Waals surface area (Å²) >= 11 is 1.34. The molecular weight excluding hydrogens is 286 g/mol. The molecular formula is C16H19NO3S. The highest BCUT2D eigenvalue weighted by atomic mass is 32.2. The zero-order valence-corrected chi connectivity index (χ0v) is 12.6. The molecule has 0 amide bonds. The fourth-order valence-electron chi connectivity index (χ4n) is 2.92. The van der Waals surface area contributed by atoms with E-state index in [-0.39, 0.29) is 35.4 Å². The second kappa shape index (κ2) is 6.30. The van der Waals surface area contributed by atoms with Gasteiger partial charge in [-0.2, -0.15) is 0 Å². The zero-order chi connectivity index (χ0) is 14.8. The number of aliphatic hydroxyl groups excluding tert-OH is 1. The molecule has 0 spiro atoms. The number of ketones is 1. The minimum Gasteiger partial charge on any atom is -0.392 e. The van der Waals surface area contributed by atoms with E-state index in [1.807, 2.05) is 24.3 Å². The highest BCUT2D eigenvalue weighted by molar-refractivity contribution is 8.13. The molecule has 1 aliphatic heterocycles. The third-order valence-electron chi connectivity index (χ3n) is 4.47. The summed E-state index contributed by atoms with van der Waals surface area (Å²) in [5.74, 6) is 0.695. The Kier molecular flexibility index (Phi) is 4.42. The van der Waals surface area contributed by atoms with Gasteiger partial charge in [-0.1, -0.05) is 36.0 Å². The van der Waals surface area contributed by atoms with E-state index in [9.17, 15) is 9.59 Å². The van der Waals surface area contributed by atoms with Crippen molar-refractivity contribution < 1.29 is 14.7 Å². The van der Waals surface area contributed by atoms with E-state index in [0.717, 1.165) is 24.0 Å². The number of hydrogen-bond acceptors (Lipinski definition) is 5. The normalized spacial score (nSPS) is 29.9. The summed E-state index contributed by atoms with van der Waals surface area (Å²) in [6.45, 7) is 0.356. The molecule has 112 valence electrons. The van der Waals surface area contributed by atoms with Gasteiger partial charge in [0.1, 0.15) is 5.78 Å². The predicted molar refractivity (Wildman–Crippen MR) is 81.8 cm³/mol. The van der Waals surface area contributed by atoms with Crippen molar-refractivity contribution in [2.24, 2.45) is 11.8 Å². The molecule has 1 saturated heterocycles. The number of hydrogen-bond donors (Lipinski definition) is 2. The van der Waals surface area contributed by atoms with Gasteiger partial charge >= 0.3 is 0 Å². The fraction of sp³-hybridized carbons (Fsp3) is 0.500. The van der Waals surface area contributed by atoms with Crippen molar-refractivity contribution in [3.05, 3.63) is 35.4 Å². The molecule has 1 saturated carbocycles. The molecule has 0 radical (unpaired) electrons. The molecule has 1 aromatic rings. The summed E-state index contributed by atoms with van der Waals surface area (Å²) < 4.78 is 0. The lowest BCUT2D eigenvalue weighted by molar-refractivity contribution is -0.133. The quantitative estimate of drug-likeness (QED) is 0.870. The van der Waals surface area contributed by atoms with E-state index in [4.69, 9.17) is 5.11 Å². The molecule has 2 N–H and O–H groups in total. The van der Waals surface area contributed by atoms with Crippen LogP contribution in [0.15, 0.2) is 24.3 Å². The topological polar surface area (TPSA) is 66.4 Å². The van der Waals surface area contributed by atoms with Crippen molar-refractivity contribution in [1.82, 2.24) is 5.32 Å². The molecule has 5 heteroatoms. The van der Waals surface area contributed by atoms with Gasteiger partial charge in [0.05, 0.1) is 13.2 Å². The lowest BCUT2D eigenvalue weighted by Crippen LogP contribution is -2.40. The highest BCUT2D eigenvalue weighted by Gasteiger charge is 2.41. The van der Waals surface area contributed by atoms with Crippen LogP contribution in [-0.4, -0.2) is 28.3 Å². The largest absolute Gasteiger partial charge is 0.392 e. The molecule has 4 nitrogen and oxygen atoms in total. The smallest absolute Gasteiger partial charge is 0.192 e. The van der Waals surface area contributed by atoms with Gasteiger partial charge in [0.15, 0.2) is 5.12 Å². The summed E-state index contributed by atoms with van der Waals surface area (Å²) in [6.07, 6.45) is 1.71. The first-order valence-electron chi connectivity index (χ1n) is 7.31. The van der Waals surface area contributed by atoms with Crippen molar-refractivity contribution in [3.63, 3.8) is 0 Å². The van der Waals surface area contributed by atoms with Gasteiger partial charge in [-0.3, -0.25) is 9.59 Å². The van der Waals surface area contributed by atoms with Crippen LogP contribution in [0, 0.1) is 11.8 Å². The fourth-order valence-corrected chi connectivity index (χ4v) is 4.06. The number of rotatable bonds is 2. The van der Waals surface area contributed by atoms with Gasteiger partial charge in [0.25, 0.3) is 0 Å². The van der Waals surface area contributed by atoms with Crippen LogP contribution < -0.4 is 5.32 Å². The van der Waals surface area contributed by atoms with Crippen LogP contribution in [0.5, 0.6) is 0 Å². The number of carbonyl (C=O) groups is 2. The Morgan fingerprint density at radius 3 is 2.48 bits per heavy atom. The van der Waals surface area contributed by atoms with Crippen LogP contribution in [0.3, 0.4) is 0 Å². The van der Waals surface area contributed by atoms with Gasteiger partial charge in [-0.05, 0) is 24.0 Å². The first kappa shape index (κ1) is 14.8. The van der Waals surface area contributed by atoms with Crippen LogP contribution in [0.1, 0.15) is 30.0 Å². The molecule has 0 bridgehead atoms. The second-order valence-corrected chi connectivity index (χ2v) is 6.74. The molecule has 2 fully saturated rings. The number of carbonyl (C=O) groups excluding carboxylic acids is 2. The van der Waals surface area contributed by atoms with Crippen molar-refractivity contribution in [1.29, 1.82) is 0 Å². The van der Waals surface area contributed by atoms with E-state index in [1.54, 1.807) is 0 Å². The molecule has 1 aliphatic carbocycles. The lowest BCUT2D eigenvalue weighted by atomic mass is 9.72. The van der Waals surface area contributed by atoms with Crippen molar-refractivity contribution in [2.75, 3.05) is 12.3 Å². The Morgan fingerprint density at radius 1 is 1.14 bits per heavy atom. The number of thioether (sulfide) groups is 1. The minimum atomic E-state index is -0.0620. The van der Waals surface area contributed by atoms with Crippen LogP contribution >= 0.6 is 11.8 Å². The zero-order valence-electron chi connectivity index (χ0n) is 11.7. The maximum absolute atomic E-state index is 12.2. The van der Waals surface area contributed by atoms with Gasteiger partial charge in [-0.15, -0.1) is 0 Å².